The van der Waals surface area contributed by atoms with Gasteiger partial charge >= 0.3 is 0 Å². The van der Waals surface area contributed by atoms with Gasteiger partial charge in [-0.25, -0.2) is 8.42 Å². The summed E-state index contributed by atoms with van der Waals surface area (Å²) in [6, 6.07) is 8.41. The number of aliphatic hydroxyl groups is 1. The zero-order valence-electron chi connectivity index (χ0n) is 20.4. The summed E-state index contributed by atoms with van der Waals surface area (Å²) in [7, 11) is -1.84. The molecule has 7 nitrogen and oxygen atoms in total. The number of ether oxygens (including phenoxy) is 1. The molecule has 0 spiro atoms. The highest BCUT2D eigenvalue weighted by Crippen LogP contribution is 2.34. The molecule has 0 saturated carbocycles. The Balaban J connectivity index is 1.97. The van der Waals surface area contributed by atoms with Crippen LogP contribution in [0.4, 0.5) is 0 Å². The number of likely N-dealkylation sites (N-methyl/N-ethyl adjacent to an activating group) is 1. The van der Waals surface area contributed by atoms with Crippen LogP contribution in [0.5, 0.6) is 5.75 Å². The van der Waals surface area contributed by atoms with Gasteiger partial charge in [-0.3, -0.25) is 9.88 Å². The van der Waals surface area contributed by atoms with E-state index in [0.29, 0.717) is 18.8 Å². The smallest absolute Gasteiger partial charge is 0.247 e. The highest BCUT2D eigenvalue weighted by Gasteiger charge is 2.38. The molecular formula is C26H35N3O4S. The van der Waals surface area contributed by atoms with Gasteiger partial charge in [0, 0.05) is 56.0 Å². The highest BCUT2D eigenvalue weighted by atomic mass is 32.2. The van der Waals surface area contributed by atoms with Crippen molar-refractivity contribution < 1.29 is 18.3 Å². The van der Waals surface area contributed by atoms with Gasteiger partial charge < -0.3 is 9.84 Å². The minimum atomic E-state index is -3.85. The normalized spacial score (nSPS) is 20.9. The molecule has 1 aromatic carbocycles. The SMILES string of the molecule is CCCC#Cc1ccc2c(c1)O[C@@H](CN(C)Cc1cccnc1)C(C)CN([C@@H](C)CO)S2(=O)=O. The Labute approximate surface area is 203 Å². The van der Waals surface area contributed by atoms with Crippen LogP contribution in [0.3, 0.4) is 0 Å². The minimum Gasteiger partial charge on any atom is -0.487 e. The molecular weight excluding hydrogens is 450 g/mol. The number of aromatic nitrogens is 1. The van der Waals surface area contributed by atoms with Crippen LogP contribution in [0.25, 0.3) is 0 Å². The predicted octanol–water partition coefficient (Wildman–Crippen LogP) is 3.13. The molecule has 1 aliphatic rings. The van der Waals surface area contributed by atoms with Crippen molar-refractivity contribution >= 4 is 10.0 Å². The maximum Gasteiger partial charge on any atom is 0.247 e. The first-order chi connectivity index (χ1) is 16.3. The minimum absolute atomic E-state index is 0.108. The molecule has 3 atom stereocenters. The molecule has 0 radical (unpaired) electrons. The van der Waals surface area contributed by atoms with Gasteiger partial charge in [-0.15, -0.1) is 0 Å². The van der Waals surface area contributed by atoms with E-state index in [4.69, 9.17) is 4.74 Å². The summed E-state index contributed by atoms with van der Waals surface area (Å²) in [5, 5.41) is 9.79. The van der Waals surface area contributed by atoms with E-state index in [9.17, 15) is 13.5 Å². The van der Waals surface area contributed by atoms with Gasteiger partial charge in [0.2, 0.25) is 10.0 Å². The first-order valence-electron chi connectivity index (χ1n) is 11.8. The van der Waals surface area contributed by atoms with Crippen LogP contribution >= 0.6 is 0 Å². The second-order valence-corrected chi connectivity index (χ2v) is 10.9. The van der Waals surface area contributed by atoms with Crippen LogP contribution in [0.1, 0.15) is 44.7 Å². The van der Waals surface area contributed by atoms with Crippen molar-refractivity contribution in [1.82, 2.24) is 14.2 Å². The molecule has 34 heavy (non-hydrogen) atoms. The second kappa shape index (κ2) is 11.8. The number of hydrogen-bond acceptors (Lipinski definition) is 6. The third-order valence-corrected chi connectivity index (χ3v) is 7.96. The van der Waals surface area contributed by atoms with Crippen LogP contribution in [0, 0.1) is 17.8 Å². The van der Waals surface area contributed by atoms with E-state index in [0.717, 1.165) is 24.0 Å². The van der Waals surface area contributed by atoms with Gasteiger partial charge in [-0.2, -0.15) is 4.31 Å². The summed E-state index contributed by atoms with van der Waals surface area (Å²) >= 11 is 0. The van der Waals surface area contributed by atoms with Crippen LogP contribution < -0.4 is 4.74 Å². The largest absolute Gasteiger partial charge is 0.487 e. The first-order valence-corrected chi connectivity index (χ1v) is 13.2. The number of sulfonamides is 1. The standard InChI is InChI=1S/C26H35N3O4S/c1-5-6-7-9-22-11-12-26-24(14-22)33-25(18-28(4)17-23-10-8-13-27-15-23)20(2)16-29(21(3)19-30)34(26,31)32/h8,10-15,20-21,25,30H,5-6,16-19H2,1-4H3/t20?,21-,25-/m0/s1. The molecule has 0 amide bonds. The summed E-state index contributed by atoms with van der Waals surface area (Å²) < 4.78 is 34.9. The zero-order chi connectivity index (χ0) is 24.7. The second-order valence-electron chi connectivity index (χ2n) is 9.01. The number of fused-ring (bicyclic) bond motifs is 1. The molecule has 0 bridgehead atoms. The number of hydrogen-bond donors (Lipinski definition) is 1. The van der Waals surface area contributed by atoms with Gasteiger partial charge in [0.25, 0.3) is 0 Å². The van der Waals surface area contributed by atoms with Crippen molar-refractivity contribution in [3.05, 3.63) is 53.9 Å². The summed E-state index contributed by atoms with van der Waals surface area (Å²) in [6.07, 6.45) is 5.06. The van der Waals surface area contributed by atoms with Crippen LogP contribution in [0.2, 0.25) is 0 Å². The van der Waals surface area contributed by atoms with Crippen molar-refractivity contribution in [1.29, 1.82) is 0 Å². The lowest BCUT2D eigenvalue weighted by Gasteiger charge is -2.37. The van der Waals surface area contributed by atoms with Crippen molar-refractivity contribution in [2.45, 2.75) is 57.2 Å². The molecule has 0 aliphatic carbocycles. The van der Waals surface area contributed by atoms with Gasteiger partial charge in [0.15, 0.2) is 0 Å². The summed E-state index contributed by atoms with van der Waals surface area (Å²) in [6.45, 7) is 7.08. The van der Waals surface area contributed by atoms with E-state index in [1.54, 1.807) is 31.3 Å². The number of unbranched alkanes of at least 4 members (excludes halogenated alkanes) is 1. The van der Waals surface area contributed by atoms with E-state index in [1.807, 2.05) is 32.3 Å². The van der Waals surface area contributed by atoms with Crippen molar-refractivity contribution in [3.8, 4) is 17.6 Å². The fourth-order valence-electron chi connectivity index (χ4n) is 3.99. The van der Waals surface area contributed by atoms with E-state index in [-0.39, 0.29) is 30.1 Å². The average Bonchev–Trinajstić information content (AvgIpc) is 2.81. The Morgan fingerprint density at radius 3 is 2.82 bits per heavy atom. The van der Waals surface area contributed by atoms with E-state index in [2.05, 4.69) is 28.6 Å². The molecule has 1 aromatic heterocycles. The monoisotopic (exact) mass is 485 g/mol. The van der Waals surface area contributed by atoms with Gasteiger partial charge in [0.1, 0.15) is 16.7 Å². The number of aliphatic hydroxyl groups excluding tert-OH is 1. The Hall–Kier alpha value is -2.44. The molecule has 0 saturated heterocycles. The number of nitrogens with zero attached hydrogens (tertiary/aromatic N) is 3. The van der Waals surface area contributed by atoms with E-state index in [1.165, 1.54) is 4.31 Å². The molecule has 2 aromatic rings. The Bertz CT molecular complexity index is 1110. The summed E-state index contributed by atoms with van der Waals surface area (Å²) in [5.74, 6) is 6.42. The van der Waals surface area contributed by atoms with E-state index >= 15 is 0 Å². The third kappa shape index (κ3) is 6.36. The Morgan fingerprint density at radius 1 is 1.35 bits per heavy atom. The van der Waals surface area contributed by atoms with Crippen molar-refractivity contribution in [3.63, 3.8) is 0 Å². The maximum atomic E-state index is 13.5. The van der Waals surface area contributed by atoms with Gasteiger partial charge in [-0.05, 0) is 50.2 Å². The van der Waals surface area contributed by atoms with Crippen LogP contribution in [0.15, 0.2) is 47.6 Å². The molecule has 184 valence electrons. The molecule has 2 heterocycles. The molecule has 0 fully saturated rings. The van der Waals surface area contributed by atoms with Crippen LogP contribution in [-0.4, -0.2) is 66.6 Å². The van der Waals surface area contributed by atoms with Crippen molar-refractivity contribution in [2.24, 2.45) is 5.92 Å². The number of benzene rings is 1. The highest BCUT2D eigenvalue weighted by molar-refractivity contribution is 7.89. The summed E-state index contributed by atoms with van der Waals surface area (Å²) in [4.78, 5) is 6.45. The molecule has 1 aliphatic heterocycles. The topological polar surface area (TPSA) is 83.0 Å². The van der Waals surface area contributed by atoms with Crippen LogP contribution in [-0.2, 0) is 16.6 Å². The van der Waals surface area contributed by atoms with E-state index < -0.39 is 16.1 Å². The lowest BCUT2D eigenvalue weighted by molar-refractivity contribution is 0.0733. The Kier molecular flexibility index (Phi) is 9.09. The first kappa shape index (κ1) is 26.2. The number of rotatable bonds is 7. The van der Waals surface area contributed by atoms with Crippen molar-refractivity contribution in [2.75, 3.05) is 26.7 Å². The molecule has 8 heteroatoms. The quantitative estimate of drug-likeness (QED) is 0.607. The average molecular weight is 486 g/mol. The third-order valence-electron chi connectivity index (χ3n) is 5.94. The Morgan fingerprint density at radius 2 is 2.15 bits per heavy atom. The molecule has 3 rings (SSSR count). The fraction of sp³-hybridized carbons (Fsp3) is 0.500. The predicted molar refractivity (Wildman–Crippen MR) is 133 cm³/mol. The molecule has 1 N–H and O–H groups in total. The lowest BCUT2D eigenvalue weighted by Crippen LogP contribution is -2.49. The maximum absolute atomic E-state index is 13.5. The van der Waals surface area contributed by atoms with Gasteiger partial charge in [0.05, 0.1) is 6.61 Å². The summed E-state index contributed by atoms with van der Waals surface area (Å²) in [5.41, 5.74) is 1.82. The lowest BCUT2D eigenvalue weighted by atomic mass is 10.0. The number of pyridine rings is 1. The zero-order valence-corrected chi connectivity index (χ0v) is 21.3. The van der Waals surface area contributed by atoms with Gasteiger partial charge in [-0.1, -0.05) is 31.8 Å². The molecule has 1 unspecified atom stereocenters. The fourth-order valence-corrected chi connectivity index (χ4v) is 5.81.